The summed E-state index contributed by atoms with van der Waals surface area (Å²) in [5.74, 6) is 0. The molecule has 4 heteroatoms. The lowest BCUT2D eigenvalue weighted by Crippen LogP contribution is -2.47. The number of likely N-dealkylation sites (tertiary alicyclic amines) is 1. The Labute approximate surface area is 112 Å². The minimum absolute atomic E-state index is 0.0943. The van der Waals surface area contributed by atoms with Crippen LogP contribution in [0.4, 0.5) is 0 Å². The Morgan fingerprint density at radius 3 is 2.11 bits per heavy atom. The second-order valence-corrected chi connectivity index (χ2v) is 5.15. The fraction of sp³-hybridized carbons (Fsp3) is 1.00. The SMILES string of the molecule is CCOC(CNC1CCN(C(C)C)CC1)OCC. The fourth-order valence-electron chi connectivity index (χ4n) is 2.42. The molecule has 4 nitrogen and oxygen atoms in total. The van der Waals surface area contributed by atoms with Gasteiger partial charge >= 0.3 is 0 Å². The molecule has 1 N–H and O–H groups in total. The van der Waals surface area contributed by atoms with E-state index in [-0.39, 0.29) is 6.29 Å². The van der Waals surface area contributed by atoms with Crippen LogP contribution in [-0.4, -0.2) is 56.1 Å². The monoisotopic (exact) mass is 258 g/mol. The second-order valence-electron chi connectivity index (χ2n) is 5.15. The smallest absolute Gasteiger partial charge is 0.169 e. The van der Waals surface area contributed by atoms with Crippen LogP contribution in [0.15, 0.2) is 0 Å². The molecule has 0 amide bonds. The number of hydrogen-bond acceptors (Lipinski definition) is 4. The third-order valence-corrected chi connectivity index (χ3v) is 3.54. The van der Waals surface area contributed by atoms with Crippen LogP contribution < -0.4 is 5.32 Å². The maximum absolute atomic E-state index is 5.54. The zero-order valence-corrected chi connectivity index (χ0v) is 12.4. The van der Waals surface area contributed by atoms with E-state index in [9.17, 15) is 0 Å². The molecule has 0 bridgehead atoms. The Morgan fingerprint density at radius 2 is 1.67 bits per heavy atom. The molecular formula is C14H30N2O2. The van der Waals surface area contributed by atoms with Crippen molar-refractivity contribution in [2.75, 3.05) is 32.8 Å². The number of nitrogens with one attached hydrogen (secondary N) is 1. The third-order valence-electron chi connectivity index (χ3n) is 3.54. The van der Waals surface area contributed by atoms with Gasteiger partial charge in [-0.05, 0) is 53.6 Å². The van der Waals surface area contributed by atoms with Crippen molar-refractivity contribution in [3.63, 3.8) is 0 Å². The fourth-order valence-corrected chi connectivity index (χ4v) is 2.42. The van der Waals surface area contributed by atoms with Crippen LogP contribution >= 0.6 is 0 Å². The van der Waals surface area contributed by atoms with Gasteiger partial charge in [-0.2, -0.15) is 0 Å². The molecule has 0 unspecified atom stereocenters. The summed E-state index contributed by atoms with van der Waals surface area (Å²) in [4.78, 5) is 2.54. The molecule has 0 spiro atoms. The van der Waals surface area contributed by atoms with E-state index in [0.717, 1.165) is 6.54 Å². The Morgan fingerprint density at radius 1 is 1.11 bits per heavy atom. The summed E-state index contributed by atoms with van der Waals surface area (Å²) >= 11 is 0. The predicted octanol–water partition coefficient (Wildman–Crippen LogP) is 1.85. The highest BCUT2D eigenvalue weighted by molar-refractivity contribution is 4.79. The van der Waals surface area contributed by atoms with E-state index in [0.29, 0.717) is 25.3 Å². The number of ether oxygens (including phenoxy) is 2. The molecule has 0 radical (unpaired) electrons. The number of piperidine rings is 1. The molecule has 1 heterocycles. The van der Waals surface area contributed by atoms with Gasteiger partial charge in [-0.25, -0.2) is 0 Å². The Hall–Kier alpha value is -0.160. The van der Waals surface area contributed by atoms with E-state index < -0.39 is 0 Å². The van der Waals surface area contributed by atoms with Gasteiger partial charge in [-0.3, -0.25) is 0 Å². The quantitative estimate of drug-likeness (QED) is 0.674. The molecule has 108 valence electrons. The van der Waals surface area contributed by atoms with E-state index in [1.54, 1.807) is 0 Å². The zero-order chi connectivity index (χ0) is 13.4. The molecule has 0 aromatic rings. The summed E-state index contributed by atoms with van der Waals surface area (Å²) in [6.07, 6.45) is 2.36. The Balaban J connectivity index is 2.19. The summed E-state index contributed by atoms with van der Waals surface area (Å²) in [5, 5.41) is 3.57. The van der Waals surface area contributed by atoms with Gasteiger partial charge < -0.3 is 19.7 Å². The maximum atomic E-state index is 5.54. The molecule has 1 aliphatic heterocycles. The van der Waals surface area contributed by atoms with Crippen LogP contribution in [0.5, 0.6) is 0 Å². The summed E-state index contributed by atoms with van der Waals surface area (Å²) in [5.41, 5.74) is 0. The van der Waals surface area contributed by atoms with Crippen LogP contribution in [-0.2, 0) is 9.47 Å². The van der Waals surface area contributed by atoms with Crippen molar-refractivity contribution in [1.29, 1.82) is 0 Å². The third kappa shape index (κ3) is 5.65. The largest absolute Gasteiger partial charge is 0.352 e. The van der Waals surface area contributed by atoms with Gasteiger partial charge in [0.2, 0.25) is 0 Å². The average Bonchev–Trinajstić information content (AvgIpc) is 2.37. The Bertz CT molecular complexity index is 198. The number of nitrogens with zero attached hydrogens (tertiary/aromatic N) is 1. The van der Waals surface area contributed by atoms with Crippen molar-refractivity contribution in [3.8, 4) is 0 Å². The average molecular weight is 258 g/mol. The molecule has 1 fully saturated rings. The first kappa shape index (κ1) is 15.9. The summed E-state index contributed by atoms with van der Waals surface area (Å²) in [6.45, 7) is 13.2. The molecule has 1 aliphatic rings. The van der Waals surface area contributed by atoms with Crippen molar-refractivity contribution in [3.05, 3.63) is 0 Å². The van der Waals surface area contributed by atoms with Crippen LogP contribution in [0, 0.1) is 0 Å². The van der Waals surface area contributed by atoms with Gasteiger partial charge in [-0.15, -0.1) is 0 Å². The highest BCUT2D eigenvalue weighted by atomic mass is 16.7. The van der Waals surface area contributed by atoms with Gasteiger partial charge in [0, 0.05) is 31.8 Å². The van der Waals surface area contributed by atoms with Crippen molar-refractivity contribution < 1.29 is 9.47 Å². The lowest BCUT2D eigenvalue weighted by molar-refractivity contribution is -0.134. The minimum Gasteiger partial charge on any atom is -0.352 e. The topological polar surface area (TPSA) is 33.7 Å². The first-order valence-corrected chi connectivity index (χ1v) is 7.38. The Kier molecular flexibility index (Phi) is 7.82. The van der Waals surface area contributed by atoms with Gasteiger partial charge in [-0.1, -0.05) is 0 Å². The van der Waals surface area contributed by atoms with Gasteiger partial charge in [0.25, 0.3) is 0 Å². The van der Waals surface area contributed by atoms with Gasteiger partial charge in [0.15, 0.2) is 6.29 Å². The van der Waals surface area contributed by atoms with Crippen LogP contribution in [0.3, 0.4) is 0 Å². The van der Waals surface area contributed by atoms with E-state index in [4.69, 9.17) is 9.47 Å². The minimum atomic E-state index is -0.0943. The van der Waals surface area contributed by atoms with Crippen LogP contribution in [0.1, 0.15) is 40.5 Å². The van der Waals surface area contributed by atoms with E-state index in [1.807, 2.05) is 13.8 Å². The molecule has 0 aromatic heterocycles. The van der Waals surface area contributed by atoms with Crippen LogP contribution in [0.25, 0.3) is 0 Å². The zero-order valence-electron chi connectivity index (χ0n) is 12.4. The molecule has 0 aromatic carbocycles. The van der Waals surface area contributed by atoms with Crippen LogP contribution in [0.2, 0.25) is 0 Å². The van der Waals surface area contributed by atoms with Gasteiger partial charge in [0.05, 0.1) is 0 Å². The first-order chi connectivity index (χ1) is 8.67. The lowest BCUT2D eigenvalue weighted by Gasteiger charge is -2.35. The first-order valence-electron chi connectivity index (χ1n) is 7.38. The summed E-state index contributed by atoms with van der Waals surface area (Å²) < 4.78 is 11.1. The molecule has 18 heavy (non-hydrogen) atoms. The van der Waals surface area contributed by atoms with Crippen molar-refractivity contribution >= 4 is 0 Å². The lowest BCUT2D eigenvalue weighted by atomic mass is 10.0. The number of hydrogen-bond donors (Lipinski definition) is 1. The van der Waals surface area contributed by atoms with Gasteiger partial charge in [0.1, 0.15) is 0 Å². The van der Waals surface area contributed by atoms with E-state index in [1.165, 1.54) is 25.9 Å². The van der Waals surface area contributed by atoms with Crippen molar-refractivity contribution in [2.45, 2.75) is 58.9 Å². The van der Waals surface area contributed by atoms with E-state index >= 15 is 0 Å². The number of rotatable bonds is 8. The second kappa shape index (κ2) is 8.86. The standard InChI is InChI=1S/C14H30N2O2/c1-5-17-14(18-6-2)11-15-13-7-9-16(10-8-13)12(3)4/h12-15H,5-11H2,1-4H3. The van der Waals surface area contributed by atoms with Crippen molar-refractivity contribution in [1.82, 2.24) is 10.2 Å². The molecular weight excluding hydrogens is 228 g/mol. The summed E-state index contributed by atoms with van der Waals surface area (Å²) in [6, 6.07) is 1.29. The highest BCUT2D eigenvalue weighted by Gasteiger charge is 2.21. The normalized spacial score (nSPS) is 19.0. The molecule has 0 saturated carbocycles. The highest BCUT2D eigenvalue weighted by Crippen LogP contribution is 2.13. The molecule has 0 atom stereocenters. The maximum Gasteiger partial charge on any atom is 0.169 e. The predicted molar refractivity (Wildman–Crippen MR) is 74.8 cm³/mol. The molecule has 0 aliphatic carbocycles. The molecule has 1 saturated heterocycles. The van der Waals surface area contributed by atoms with E-state index in [2.05, 4.69) is 24.1 Å². The molecule has 1 rings (SSSR count). The van der Waals surface area contributed by atoms with Crippen molar-refractivity contribution in [2.24, 2.45) is 0 Å². The summed E-state index contributed by atoms with van der Waals surface area (Å²) in [7, 11) is 0.